The van der Waals surface area contributed by atoms with Crippen LogP contribution in [0, 0.1) is 0 Å². The molecule has 0 radical (unpaired) electrons. The fourth-order valence-electron chi connectivity index (χ4n) is 2.25. The molecular weight excluding hydrogens is 228 g/mol. The minimum atomic E-state index is -2.64. The summed E-state index contributed by atoms with van der Waals surface area (Å²) in [5, 5.41) is 0. The Labute approximate surface area is 89.1 Å². The second-order valence-electron chi connectivity index (χ2n) is 5.92. The highest BCUT2D eigenvalue weighted by Crippen LogP contribution is 2.41. The van der Waals surface area contributed by atoms with Crippen molar-refractivity contribution in [3.05, 3.63) is 0 Å². The molecule has 1 fully saturated rings. The van der Waals surface area contributed by atoms with Crippen LogP contribution in [0.1, 0.15) is 13.8 Å². The fraction of sp³-hybridized carbons (Fsp3) is 1.00. The highest BCUT2D eigenvalue weighted by atomic mass is 29.7. The highest BCUT2D eigenvalue weighted by molar-refractivity contribution is 7.65. The first kappa shape index (κ1) is 12.6. The second-order valence-corrected chi connectivity index (χ2v) is 29.3. The fourth-order valence-corrected chi connectivity index (χ4v) is 24.4. The summed E-state index contributed by atoms with van der Waals surface area (Å²) < 4.78 is 5.84. The van der Waals surface area contributed by atoms with E-state index < -0.39 is 23.0 Å². The third kappa shape index (κ3) is 1.79. The SMILES string of the molecule is CC1(C)C[Si](C)(O)[Si](C)(C)[Si](C)(O)O1. The molecule has 0 bridgehead atoms. The van der Waals surface area contributed by atoms with Crippen LogP contribution in [0.2, 0.25) is 32.2 Å². The average Bonchev–Trinajstić information content (AvgIpc) is 1.77. The van der Waals surface area contributed by atoms with Gasteiger partial charge in [0.05, 0.1) is 5.60 Å². The molecule has 3 nitrogen and oxygen atoms in total. The van der Waals surface area contributed by atoms with Crippen molar-refractivity contribution in [2.24, 2.45) is 0 Å². The molecule has 1 aliphatic heterocycles. The lowest BCUT2D eigenvalue weighted by atomic mass is 10.2. The number of rotatable bonds is 0. The van der Waals surface area contributed by atoms with Gasteiger partial charge in [0.2, 0.25) is 0 Å². The summed E-state index contributed by atoms with van der Waals surface area (Å²) in [6.07, 6.45) is 0. The molecule has 0 aromatic heterocycles. The van der Waals surface area contributed by atoms with E-state index in [0.717, 1.165) is 6.04 Å². The van der Waals surface area contributed by atoms with Gasteiger partial charge in [0.1, 0.15) is 7.11 Å². The van der Waals surface area contributed by atoms with E-state index in [-0.39, 0.29) is 5.60 Å². The Morgan fingerprint density at radius 1 is 1.07 bits per heavy atom. The molecule has 1 saturated heterocycles. The molecule has 1 heterocycles. The van der Waals surface area contributed by atoms with Gasteiger partial charge in [-0.2, -0.15) is 0 Å². The van der Waals surface area contributed by atoms with Crippen molar-refractivity contribution in [2.75, 3.05) is 0 Å². The van der Waals surface area contributed by atoms with E-state index in [9.17, 15) is 9.59 Å². The number of hydrogen-bond acceptors (Lipinski definition) is 3. The van der Waals surface area contributed by atoms with Crippen LogP contribution in [0.3, 0.4) is 0 Å². The first-order valence-corrected chi connectivity index (χ1v) is 15.1. The molecule has 1 aliphatic rings. The van der Waals surface area contributed by atoms with Crippen LogP contribution >= 0.6 is 0 Å². The van der Waals surface area contributed by atoms with Crippen molar-refractivity contribution < 1.29 is 14.0 Å². The van der Waals surface area contributed by atoms with E-state index in [4.69, 9.17) is 4.43 Å². The van der Waals surface area contributed by atoms with Crippen LogP contribution in [-0.4, -0.2) is 38.2 Å². The summed E-state index contributed by atoms with van der Waals surface area (Å²) in [5.41, 5.74) is -0.339. The zero-order valence-electron chi connectivity index (χ0n) is 10.0. The molecule has 2 N–H and O–H groups in total. The predicted octanol–water partition coefficient (Wildman–Crippen LogP) is 1.29. The molecule has 0 saturated carbocycles. The monoisotopic (exact) mass is 250 g/mol. The Morgan fingerprint density at radius 3 is 1.86 bits per heavy atom. The Balaban J connectivity index is 3.13. The van der Waals surface area contributed by atoms with E-state index in [1.165, 1.54) is 0 Å². The molecule has 2 atom stereocenters. The molecule has 2 unspecified atom stereocenters. The van der Waals surface area contributed by atoms with Gasteiger partial charge in [-0.15, -0.1) is 0 Å². The smallest absolute Gasteiger partial charge is 0.310 e. The third-order valence-electron chi connectivity index (χ3n) is 3.75. The van der Waals surface area contributed by atoms with Crippen molar-refractivity contribution in [3.63, 3.8) is 0 Å². The lowest BCUT2D eigenvalue weighted by molar-refractivity contribution is 0.0884. The van der Waals surface area contributed by atoms with Crippen molar-refractivity contribution in [2.45, 2.75) is 51.7 Å². The van der Waals surface area contributed by atoms with Gasteiger partial charge >= 0.3 is 8.08 Å². The van der Waals surface area contributed by atoms with Gasteiger partial charge in [-0.25, -0.2) is 0 Å². The molecule has 0 aliphatic carbocycles. The predicted molar refractivity (Wildman–Crippen MR) is 65.1 cm³/mol. The standard InChI is InChI=1S/C8H22O3Si3/c1-8(2)7-13(5,9)12(3,4)14(6,10)11-8/h9-10H,7H2,1-6H3. The summed E-state index contributed by atoms with van der Waals surface area (Å²) in [4.78, 5) is 21.0. The van der Waals surface area contributed by atoms with Crippen LogP contribution in [0.5, 0.6) is 0 Å². The van der Waals surface area contributed by atoms with E-state index >= 15 is 0 Å². The van der Waals surface area contributed by atoms with E-state index in [0.29, 0.717) is 0 Å². The molecule has 0 spiro atoms. The molecular formula is C8H22O3Si3. The minimum absolute atomic E-state index is 0.339. The lowest BCUT2D eigenvalue weighted by Crippen LogP contribution is -2.80. The first-order valence-electron chi connectivity index (χ1n) is 5.06. The zero-order chi connectivity index (χ0) is 11.4. The lowest BCUT2D eigenvalue weighted by Gasteiger charge is -2.53. The molecule has 0 amide bonds. The van der Waals surface area contributed by atoms with Gasteiger partial charge in [-0.3, -0.25) is 0 Å². The van der Waals surface area contributed by atoms with Crippen LogP contribution in [-0.2, 0) is 4.43 Å². The molecule has 1 rings (SSSR count). The van der Waals surface area contributed by atoms with Crippen LogP contribution in [0.4, 0.5) is 0 Å². The maximum Gasteiger partial charge on any atom is 0.310 e. The molecule has 14 heavy (non-hydrogen) atoms. The third-order valence-corrected chi connectivity index (χ3v) is 36.1. The summed E-state index contributed by atoms with van der Waals surface area (Å²) in [6.45, 7) is 12.0. The second kappa shape index (κ2) is 3.02. The van der Waals surface area contributed by atoms with Crippen molar-refractivity contribution in [1.29, 1.82) is 0 Å². The van der Waals surface area contributed by atoms with Gasteiger partial charge in [0, 0.05) is 0 Å². The summed E-state index contributed by atoms with van der Waals surface area (Å²) in [6, 6.07) is 0.752. The summed E-state index contributed by atoms with van der Waals surface area (Å²) in [5.74, 6) is 0. The minimum Gasteiger partial charge on any atom is -0.435 e. The molecule has 6 heteroatoms. The van der Waals surface area contributed by atoms with Crippen molar-refractivity contribution >= 4 is 23.0 Å². The maximum atomic E-state index is 10.6. The normalized spacial score (nSPS) is 46.3. The first-order chi connectivity index (χ1) is 5.91. The Kier molecular flexibility index (Phi) is 2.72. The summed E-state index contributed by atoms with van der Waals surface area (Å²) in [7, 11) is -6.87. The quantitative estimate of drug-likeness (QED) is 0.637. The van der Waals surface area contributed by atoms with Crippen molar-refractivity contribution in [3.8, 4) is 0 Å². The Hall–Kier alpha value is 0.531. The van der Waals surface area contributed by atoms with Crippen molar-refractivity contribution in [1.82, 2.24) is 0 Å². The highest BCUT2D eigenvalue weighted by Gasteiger charge is 2.65. The van der Waals surface area contributed by atoms with Gasteiger partial charge < -0.3 is 14.0 Å². The Bertz CT molecular complexity index is 226. The van der Waals surface area contributed by atoms with E-state index in [1.807, 2.05) is 26.9 Å². The Morgan fingerprint density at radius 2 is 1.50 bits per heavy atom. The molecule has 0 aromatic carbocycles. The topological polar surface area (TPSA) is 49.7 Å². The van der Waals surface area contributed by atoms with Crippen LogP contribution < -0.4 is 0 Å². The average molecular weight is 251 g/mol. The molecule has 84 valence electrons. The summed E-state index contributed by atoms with van der Waals surface area (Å²) >= 11 is 0. The van der Waals surface area contributed by atoms with Gasteiger partial charge in [0.15, 0.2) is 7.83 Å². The van der Waals surface area contributed by atoms with Gasteiger partial charge in [-0.1, -0.05) is 13.1 Å². The van der Waals surface area contributed by atoms with E-state index in [2.05, 4.69) is 13.1 Å². The van der Waals surface area contributed by atoms with Gasteiger partial charge in [0.25, 0.3) is 0 Å². The maximum absolute atomic E-state index is 10.6. The van der Waals surface area contributed by atoms with Crippen LogP contribution in [0.15, 0.2) is 0 Å². The molecule has 0 aromatic rings. The zero-order valence-corrected chi connectivity index (χ0v) is 13.0. The van der Waals surface area contributed by atoms with Crippen LogP contribution in [0.25, 0.3) is 0 Å². The number of hydrogen-bond donors (Lipinski definition) is 2. The largest absolute Gasteiger partial charge is 0.435 e. The van der Waals surface area contributed by atoms with Gasteiger partial charge in [-0.05, 0) is 33.0 Å². The van der Waals surface area contributed by atoms with E-state index in [1.54, 1.807) is 0 Å².